The number of aromatic nitrogens is 2. The molecule has 0 saturated carbocycles. The third-order valence-electron chi connectivity index (χ3n) is 2.94. The molecule has 1 aromatic carbocycles. The van der Waals surface area contributed by atoms with Crippen molar-refractivity contribution < 1.29 is 4.79 Å². The molecule has 0 unspecified atom stereocenters. The normalized spacial score (nSPS) is 10.1. The number of rotatable bonds is 4. The number of hydrogen-bond acceptors (Lipinski definition) is 3. The summed E-state index contributed by atoms with van der Waals surface area (Å²) < 4.78 is 1.68. The Bertz CT molecular complexity index is 667. The minimum atomic E-state index is -0.158. The third-order valence-corrected chi connectivity index (χ3v) is 2.94. The topological polar surface area (TPSA) is 70.7 Å². The highest BCUT2D eigenvalue weighted by Crippen LogP contribution is 2.06. The van der Waals surface area contributed by atoms with Gasteiger partial charge in [-0.3, -0.25) is 9.48 Å². The second-order valence-electron chi connectivity index (χ2n) is 4.48. The lowest BCUT2D eigenvalue weighted by Crippen LogP contribution is -2.25. The molecular formula is C15H16N4O. The standard InChI is InChI=1S/C15H16N4O/c1-3-19-14(7-11(2)18-19)15(20)17-10-13-6-4-5-12(8-13)9-16/h4-8H,3,10H2,1-2H3,(H,17,20). The van der Waals surface area contributed by atoms with Crippen molar-refractivity contribution in [3.8, 4) is 6.07 Å². The third kappa shape index (κ3) is 3.04. The molecule has 102 valence electrons. The highest BCUT2D eigenvalue weighted by molar-refractivity contribution is 5.92. The lowest BCUT2D eigenvalue weighted by molar-refractivity contribution is 0.0940. The lowest BCUT2D eigenvalue weighted by atomic mass is 10.1. The average molecular weight is 268 g/mol. The van der Waals surface area contributed by atoms with Crippen molar-refractivity contribution in [2.45, 2.75) is 26.9 Å². The van der Waals surface area contributed by atoms with Crippen molar-refractivity contribution in [3.05, 3.63) is 52.8 Å². The van der Waals surface area contributed by atoms with E-state index in [-0.39, 0.29) is 5.91 Å². The van der Waals surface area contributed by atoms with Gasteiger partial charge in [-0.05, 0) is 37.6 Å². The van der Waals surface area contributed by atoms with Gasteiger partial charge in [0.2, 0.25) is 0 Å². The number of carbonyl (C=O) groups is 1. The van der Waals surface area contributed by atoms with Crippen molar-refractivity contribution in [2.75, 3.05) is 0 Å². The van der Waals surface area contributed by atoms with Gasteiger partial charge < -0.3 is 5.32 Å². The highest BCUT2D eigenvalue weighted by Gasteiger charge is 2.12. The smallest absolute Gasteiger partial charge is 0.269 e. The molecule has 20 heavy (non-hydrogen) atoms. The molecule has 0 saturated heterocycles. The Morgan fingerprint density at radius 3 is 2.95 bits per heavy atom. The van der Waals surface area contributed by atoms with Gasteiger partial charge in [-0.2, -0.15) is 10.4 Å². The van der Waals surface area contributed by atoms with E-state index in [1.165, 1.54) is 0 Å². The summed E-state index contributed by atoms with van der Waals surface area (Å²) in [5, 5.41) is 15.9. The zero-order valence-electron chi connectivity index (χ0n) is 11.6. The average Bonchev–Trinajstić information content (AvgIpc) is 2.86. The van der Waals surface area contributed by atoms with E-state index >= 15 is 0 Å². The van der Waals surface area contributed by atoms with Gasteiger partial charge in [0.05, 0.1) is 17.3 Å². The minimum absolute atomic E-state index is 0.158. The predicted molar refractivity (Wildman–Crippen MR) is 75.0 cm³/mol. The van der Waals surface area contributed by atoms with Gasteiger partial charge in [0.25, 0.3) is 5.91 Å². The van der Waals surface area contributed by atoms with Crippen LogP contribution in [0.15, 0.2) is 30.3 Å². The molecule has 0 atom stereocenters. The van der Waals surface area contributed by atoms with Gasteiger partial charge in [-0.25, -0.2) is 0 Å². The molecule has 0 fully saturated rings. The van der Waals surface area contributed by atoms with E-state index in [2.05, 4.69) is 16.5 Å². The van der Waals surface area contributed by atoms with E-state index in [9.17, 15) is 4.79 Å². The molecule has 0 aliphatic heterocycles. The monoisotopic (exact) mass is 268 g/mol. The fraction of sp³-hybridized carbons (Fsp3) is 0.267. The summed E-state index contributed by atoms with van der Waals surface area (Å²) in [6.45, 7) is 4.85. The number of aryl methyl sites for hydroxylation is 2. The molecule has 0 bridgehead atoms. The largest absolute Gasteiger partial charge is 0.347 e. The van der Waals surface area contributed by atoms with Crippen LogP contribution < -0.4 is 5.32 Å². The molecule has 0 aliphatic rings. The molecule has 1 N–H and O–H groups in total. The quantitative estimate of drug-likeness (QED) is 0.922. The maximum atomic E-state index is 12.1. The van der Waals surface area contributed by atoms with Gasteiger partial charge in [0, 0.05) is 13.1 Å². The molecular weight excluding hydrogens is 252 g/mol. The number of nitriles is 1. The van der Waals surface area contributed by atoms with Crippen LogP contribution >= 0.6 is 0 Å². The fourth-order valence-electron chi connectivity index (χ4n) is 1.99. The number of hydrogen-bond donors (Lipinski definition) is 1. The van der Waals surface area contributed by atoms with Gasteiger partial charge in [0.15, 0.2) is 0 Å². The van der Waals surface area contributed by atoms with Crippen molar-refractivity contribution in [2.24, 2.45) is 0 Å². The molecule has 0 aliphatic carbocycles. The Morgan fingerprint density at radius 2 is 2.25 bits per heavy atom. The number of amides is 1. The van der Waals surface area contributed by atoms with Crippen LogP contribution in [0.4, 0.5) is 0 Å². The van der Waals surface area contributed by atoms with E-state index in [1.54, 1.807) is 28.9 Å². The highest BCUT2D eigenvalue weighted by atomic mass is 16.2. The van der Waals surface area contributed by atoms with E-state index in [4.69, 9.17) is 5.26 Å². The van der Waals surface area contributed by atoms with Crippen molar-refractivity contribution >= 4 is 5.91 Å². The van der Waals surface area contributed by atoms with Crippen molar-refractivity contribution in [3.63, 3.8) is 0 Å². The van der Waals surface area contributed by atoms with Crippen LogP contribution in [0, 0.1) is 18.3 Å². The Morgan fingerprint density at radius 1 is 1.45 bits per heavy atom. The molecule has 2 aromatic rings. The first kappa shape index (κ1) is 13.8. The SMILES string of the molecule is CCn1nc(C)cc1C(=O)NCc1cccc(C#N)c1. The number of benzene rings is 1. The van der Waals surface area contributed by atoms with E-state index in [0.29, 0.717) is 24.3 Å². The molecule has 1 heterocycles. The van der Waals surface area contributed by atoms with Crippen LogP contribution in [0.3, 0.4) is 0 Å². The number of nitrogens with zero attached hydrogens (tertiary/aromatic N) is 3. The first-order valence-electron chi connectivity index (χ1n) is 6.45. The molecule has 0 radical (unpaired) electrons. The summed E-state index contributed by atoms with van der Waals surface area (Å²) in [6.07, 6.45) is 0. The number of carbonyl (C=O) groups excluding carboxylic acids is 1. The van der Waals surface area contributed by atoms with Crippen LogP contribution in [0.1, 0.15) is 34.2 Å². The van der Waals surface area contributed by atoms with Gasteiger partial charge >= 0.3 is 0 Å². The van der Waals surface area contributed by atoms with Crippen LogP contribution in [0.5, 0.6) is 0 Å². The van der Waals surface area contributed by atoms with E-state index < -0.39 is 0 Å². The Kier molecular flexibility index (Phi) is 4.16. The van der Waals surface area contributed by atoms with Gasteiger partial charge in [-0.1, -0.05) is 12.1 Å². The Hall–Kier alpha value is -2.61. The Labute approximate surface area is 117 Å². The van der Waals surface area contributed by atoms with Crippen molar-refractivity contribution in [1.29, 1.82) is 5.26 Å². The zero-order chi connectivity index (χ0) is 14.5. The van der Waals surface area contributed by atoms with Crippen LogP contribution in [0.2, 0.25) is 0 Å². The fourth-order valence-corrected chi connectivity index (χ4v) is 1.99. The van der Waals surface area contributed by atoms with Crippen LogP contribution in [-0.2, 0) is 13.1 Å². The molecule has 5 heteroatoms. The van der Waals surface area contributed by atoms with Crippen LogP contribution in [0.25, 0.3) is 0 Å². The summed E-state index contributed by atoms with van der Waals surface area (Å²) in [5.41, 5.74) is 2.87. The number of nitrogens with one attached hydrogen (secondary N) is 1. The molecule has 5 nitrogen and oxygen atoms in total. The van der Waals surface area contributed by atoms with Gasteiger partial charge in [-0.15, -0.1) is 0 Å². The lowest BCUT2D eigenvalue weighted by Gasteiger charge is -2.07. The summed E-state index contributed by atoms with van der Waals surface area (Å²) in [5.74, 6) is -0.158. The molecule has 1 amide bonds. The van der Waals surface area contributed by atoms with E-state index in [1.807, 2.05) is 19.9 Å². The predicted octanol–water partition coefficient (Wildman–Crippen LogP) is 2.01. The molecule has 2 rings (SSSR count). The second-order valence-corrected chi connectivity index (χ2v) is 4.48. The van der Waals surface area contributed by atoms with Gasteiger partial charge in [0.1, 0.15) is 5.69 Å². The Balaban J connectivity index is 2.06. The molecule has 0 spiro atoms. The summed E-state index contributed by atoms with van der Waals surface area (Å²) in [6, 6.07) is 11.0. The first-order chi connectivity index (χ1) is 9.63. The van der Waals surface area contributed by atoms with E-state index in [0.717, 1.165) is 11.3 Å². The second kappa shape index (κ2) is 6.02. The summed E-state index contributed by atoms with van der Waals surface area (Å²) >= 11 is 0. The minimum Gasteiger partial charge on any atom is -0.347 e. The molecule has 1 aromatic heterocycles. The maximum Gasteiger partial charge on any atom is 0.269 e. The van der Waals surface area contributed by atoms with Crippen molar-refractivity contribution in [1.82, 2.24) is 15.1 Å². The zero-order valence-corrected chi connectivity index (χ0v) is 11.6. The summed E-state index contributed by atoms with van der Waals surface area (Å²) in [7, 11) is 0. The first-order valence-corrected chi connectivity index (χ1v) is 6.45. The summed E-state index contributed by atoms with van der Waals surface area (Å²) in [4.78, 5) is 12.1. The van der Waals surface area contributed by atoms with Crippen LogP contribution in [-0.4, -0.2) is 15.7 Å². The maximum absolute atomic E-state index is 12.1.